The number of nitrogens with one attached hydrogen (secondary N) is 1. The van der Waals surface area contributed by atoms with Crippen LogP contribution in [0.5, 0.6) is 5.75 Å². The molecule has 6 heteroatoms. The van der Waals surface area contributed by atoms with Gasteiger partial charge in [0.05, 0.1) is 8.95 Å². The Kier molecular flexibility index (Phi) is 4.43. The van der Waals surface area contributed by atoms with Gasteiger partial charge < -0.3 is 9.84 Å². The maximum atomic E-state index is 11.5. The highest BCUT2D eigenvalue weighted by atomic mass is 79.9. The van der Waals surface area contributed by atoms with Crippen LogP contribution < -0.4 is 5.32 Å². The molecule has 0 radical (unpaired) electrons. The fourth-order valence-corrected chi connectivity index (χ4v) is 2.25. The van der Waals surface area contributed by atoms with Crippen molar-refractivity contribution in [1.29, 1.82) is 0 Å². The molecular weight excluding hydrogens is 354 g/mol. The highest BCUT2D eigenvalue weighted by Crippen LogP contribution is 2.35. The predicted molar refractivity (Wildman–Crippen MR) is 73.4 cm³/mol. The average molecular weight is 367 g/mol. The van der Waals surface area contributed by atoms with E-state index in [9.17, 15) is 9.90 Å². The van der Waals surface area contributed by atoms with Crippen molar-refractivity contribution in [1.82, 2.24) is 0 Å². The van der Waals surface area contributed by atoms with Crippen molar-refractivity contribution >= 4 is 43.6 Å². The lowest BCUT2D eigenvalue weighted by Crippen LogP contribution is -2.27. The van der Waals surface area contributed by atoms with Crippen LogP contribution in [0.2, 0.25) is 0 Å². The third kappa shape index (κ3) is 4.55. The van der Waals surface area contributed by atoms with Crippen LogP contribution in [0.15, 0.2) is 21.1 Å². The topological polar surface area (TPSA) is 58.6 Å². The van der Waals surface area contributed by atoms with Crippen molar-refractivity contribution in [3.63, 3.8) is 0 Å². The van der Waals surface area contributed by atoms with Gasteiger partial charge in [-0.3, -0.25) is 5.32 Å². The first-order valence-corrected chi connectivity index (χ1v) is 6.45. The summed E-state index contributed by atoms with van der Waals surface area (Å²) in [4.78, 5) is 11.5. The molecule has 0 heterocycles. The first-order chi connectivity index (χ1) is 7.69. The van der Waals surface area contributed by atoms with E-state index in [-0.39, 0.29) is 5.75 Å². The normalized spacial score (nSPS) is 11.1. The minimum atomic E-state index is -0.546. The van der Waals surface area contributed by atoms with E-state index in [2.05, 4.69) is 37.2 Å². The van der Waals surface area contributed by atoms with Crippen LogP contribution in [0.25, 0.3) is 0 Å². The number of halogens is 2. The smallest absolute Gasteiger partial charge is 0.412 e. The summed E-state index contributed by atoms with van der Waals surface area (Å²) in [5, 5.41) is 12.1. The molecule has 0 aliphatic rings. The van der Waals surface area contributed by atoms with Gasteiger partial charge in [0.1, 0.15) is 11.4 Å². The molecule has 0 aliphatic heterocycles. The second kappa shape index (κ2) is 5.27. The largest absolute Gasteiger partial charge is 0.506 e. The van der Waals surface area contributed by atoms with E-state index >= 15 is 0 Å². The van der Waals surface area contributed by atoms with Gasteiger partial charge in [-0.2, -0.15) is 0 Å². The zero-order valence-electron chi connectivity index (χ0n) is 9.67. The Hall–Kier alpha value is -0.750. The molecule has 0 unspecified atom stereocenters. The third-order valence-corrected chi connectivity index (χ3v) is 2.87. The number of anilines is 1. The summed E-state index contributed by atoms with van der Waals surface area (Å²) in [6.45, 7) is 5.36. The van der Waals surface area contributed by atoms with Crippen LogP contribution in [0, 0.1) is 0 Å². The molecule has 0 aromatic heterocycles. The summed E-state index contributed by atoms with van der Waals surface area (Å²) in [5.74, 6) is 0.0831. The zero-order chi connectivity index (χ0) is 13.2. The van der Waals surface area contributed by atoms with Crippen LogP contribution in [0.1, 0.15) is 20.8 Å². The van der Waals surface area contributed by atoms with Crippen molar-refractivity contribution in [3.05, 3.63) is 21.1 Å². The summed E-state index contributed by atoms with van der Waals surface area (Å²) >= 11 is 6.35. The SMILES string of the molecule is CC(C)(C)OC(=O)Nc1cc(Br)c(O)c(Br)c1. The summed E-state index contributed by atoms with van der Waals surface area (Å²) in [6, 6.07) is 3.17. The number of phenolic OH excluding ortho intramolecular Hbond substituents is 1. The van der Waals surface area contributed by atoms with Crippen molar-refractivity contribution in [2.75, 3.05) is 5.32 Å². The minimum Gasteiger partial charge on any atom is -0.506 e. The van der Waals surface area contributed by atoms with E-state index in [0.29, 0.717) is 14.6 Å². The Morgan fingerprint density at radius 3 is 2.18 bits per heavy atom. The fourth-order valence-electron chi connectivity index (χ4n) is 1.06. The van der Waals surface area contributed by atoms with E-state index in [1.165, 1.54) is 0 Å². The number of rotatable bonds is 1. The molecule has 1 aromatic rings. The van der Waals surface area contributed by atoms with Gasteiger partial charge in [-0.15, -0.1) is 0 Å². The molecule has 0 spiro atoms. The Morgan fingerprint density at radius 1 is 1.29 bits per heavy atom. The number of carbonyl (C=O) groups excluding carboxylic acids is 1. The van der Waals surface area contributed by atoms with Crippen LogP contribution in [-0.2, 0) is 4.74 Å². The van der Waals surface area contributed by atoms with Crippen molar-refractivity contribution in [2.45, 2.75) is 26.4 Å². The molecule has 1 rings (SSSR count). The molecule has 17 heavy (non-hydrogen) atoms. The highest BCUT2D eigenvalue weighted by Gasteiger charge is 2.17. The molecule has 0 fully saturated rings. The molecule has 0 bridgehead atoms. The lowest BCUT2D eigenvalue weighted by atomic mass is 10.2. The number of aromatic hydroxyl groups is 1. The Bertz CT molecular complexity index is 418. The minimum absolute atomic E-state index is 0.0831. The van der Waals surface area contributed by atoms with Crippen LogP contribution in [-0.4, -0.2) is 16.8 Å². The van der Waals surface area contributed by atoms with Gasteiger partial charge in [-0.05, 0) is 64.8 Å². The van der Waals surface area contributed by atoms with Gasteiger partial charge in [-0.1, -0.05) is 0 Å². The predicted octanol–water partition coefficient (Wildman–Crippen LogP) is 4.26. The maximum absolute atomic E-state index is 11.5. The molecular formula is C11H13Br2NO3. The summed E-state index contributed by atoms with van der Waals surface area (Å²) in [5.41, 5.74) is -0.0223. The van der Waals surface area contributed by atoms with Gasteiger partial charge >= 0.3 is 6.09 Å². The van der Waals surface area contributed by atoms with E-state index < -0.39 is 11.7 Å². The summed E-state index contributed by atoms with van der Waals surface area (Å²) in [7, 11) is 0. The highest BCUT2D eigenvalue weighted by molar-refractivity contribution is 9.11. The molecule has 0 atom stereocenters. The lowest BCUT2D eigenvalue weighted by molar-refractivity contribution is 0.0636. The number of phenols is 1. The van der Waals surface area contributed by atoms with E-state index in [4.69, 9.17) is 4.74 Å². The maximum Gasteiger partial charge on any atom is 0.412 e. The second-order valence-electron chi connectivity index (χ2n) is 4.42. The molecule has 1 aromatic carbocycles. The van der Waals surface area contributed by atoms with Gasteiger partial charge in [0.15, 0.2) is 0 Å². The van der Waals surface area contributed by atoms with Gasteiger partial charge in [0.2, 0.25) is 0 Å². The molecule has 4 nitrogen and oxygen atoms in total. The number of hydrogen-bond donors (Lipinski definition) is 2. The van der Waals surface area contributed by atoms with Crippen molar-refractivity contribution in [2.24, 2.45) is 0 Å². The molecule has 94 valence electrons. The average Bonchev–Trinajstić information content (AvgIpc) is 2.10. The molecule has 0 saturated heterocycles. The van der Waals surface area contributed by atoms with E-state index in [1.54, 1.807) is 32.9 Å². The summed E-state index contributed by atoms with van der Waals surface area (Å²) in [6.07, 6.45) is -0.540. The van der Waals surface area contributed by atoms with Gasteiger partial charge in [-0.25, -0.2) is 4.79 Å². The number of amides is 1. The van der Waals surface area contributed by atoms with E-state index in [1.807, 2.05) is 0 Å². The monoisotopic (exact) mass is 365 g/mol. The molecule has 0 aliphatic carbocycles. The number of benzene rings is 1. The number of hydrogen-bond acceptors (Lipinski definition) is 3. The third-order valence-electron chi connectivity index (χ3n) is 1.66. The Morgan fingerprint density at radius 2 is 1.76 bits per heavy atom. The molecule has 0 saturated carbocycles. The molecule has 2 N–H and O–H groups in total. The fraction of sp³-hybridized carbons (Fsp3) is 0.364. The first kappa shape index (κ1) is 14.3. The van der Waals surface area contributed by atoms with E-state index in [0.717, 1.165) is 0 Å². The Balaban J connectivity index is 2.79. The second-order valence-corrected chi connectivity index (χ2v) is 6.12. The molecule has 1 amide bonds. The number of carbonyl (C=O) groups is 1. The van der Waals surface area contributed by atoms with Crippen LogP contribution >= 0.6 is 31.9 Å². The van der Waals surface area contributed by atoms with Crippen molar-refractivity contribution in [3.8, 4) is 5.75 Å². The Labute approximate surface area is 117 Å². The number of ether oxygens (including phenoxy) is 1. The van der Waals surface area contributed by atoms with Gasteiger partial charge in [0.25, 0.3) is 0 Å². The lowest BCUT2D eigenvalue weighted by Gasteiger charge is -2.19. The van der Waals surface area contributed by atoms with Gasteiger partial charge in [0, 0.05) is 5.69 Å². The quantitative estimate of drug-likeness (QED) is 0.730. The standard InChI is InChI=1S/C11H13Br2NO3/c1-11(2,3)17-10(16)14-6-4-7(12)9(15)8(13)5-6/h4-5,15H,1-3H3,(H,14,16). The van der Waals surface area contributed by atoms with Crippen LogP contribution in [0.4, 0.5) is 10.5 Å². The van der Waals surface area contributed by atoms with Crippen LogP contribution in [0.3, 0.4) is 0 Å². The first-order valence-electron chi connectivity index (χ1n) is 4.87. The van der Waals surface area contributed by atoms with Crippen molar-refractivity contribution < 1.29 is 14.6 Å². The summed E-state index contributed by atoms with van der Waals surface area (Å²) < 4.78 is 6.08. The zero-order valence-corrected chi connectivity index (χ0v) is 12.8.